The predicted molar refractivity (Wildman–Crippen MR) is 83.7 cm³/mol. The van der Waals surface area contributed by atoms with Crippen LogP contribution in [-0.4, -0.2) is 18.4 Å². The average molecular weight is 352 g/mol. The van der Waals surface area contributed by atoms with Gasteiger partial charge in [-0.05, 0) is 42.8 Å². The molecule has 5 nitrogen and oxygen atoms in total. The summed E-state index contributed by atoms with van der Waals surface area (Å²) in [4.78, 5) is 23.4. The monoisotopic (exact) mass is 352 g/mol. The number of nitrogens with one attached hydrogen (secondary N) is 2. The van der Waals surface area contributed by atoms with Gasteiger partial charge in [0, 0.05) is 5.56 Å². The van der Waals surface area contributed by atoms with Crippen LogP contribution in [0.15, 0.2) is 48.5 Å². The average Bonchev–Trinajstić information content (AvgIpc) is 2.57. The van der Waals surface area contributed by atoms with E-state index in [1.807, 2.05) is 18.4 Å². The van der Waals surface area contributed by atoms with Crippen LogP contribution in [0, 0.1) is 6.92 Å². The van der Waals surface area contributed by atoms with Gasteiger partial charge in [-0.3, -0.25) is 20.4 Å². The van der Waals surface area contributed by atoms with E-state index in [1.54, 1.807) is 18.2 Å². The summed E-state index contributed by atoms with van der Waals surface area (Å²) in [6, 6.07) is 10.9. The summed E-state index contributed by atoms with van der Waals surface area (Å²) in [5, 5.41) is 0. The van der Waals surface area contributed by atoms with Crippen molar-refractivity contribution in [3.63, 3.8) is 0 Å². The number of hydrazine groups is 1. The summed E-state index contributed by atoms with van der Waals surface area (Å²) >= 11 is 0. The van der Waals surface area contributed by atoms with Crippen LogP contribution >= 0.6 is 0 Å². The molecule has 0 radical (unpaired) electrons. The molecule has 132 valence electrons. The molecule has 0 heterocycles. The molecule has 0 atom stereocenters. The largest absolute Gasteiger partial charge is 0.484 e. The Hall–Kier alpha value is -3.03. The molecule has 0 bridgehead atoms. The van der Waals surface area contributed by atoms with Gasteiger partial charge >= 0.3 is 6.18 Å². The summed E-state index contributed by atoms with van der Waals surface area (Å²) in [6.07, 6.45) is -4.55. The van der Waals surface area contributed by atoms with E-state index < -0.39 is 23.6 Å². The van der Waals surface area contributed by atoms with Crippen LogP contribution in [0.3, 0.4) is 0 Å². The van der Waals surface area contributed by atoms with Crippen molar-refractivity contribution < 1.29 is 27.5 Å². The van der Waals surface area contributed by atoms with Crippen LogP contribution in [-0.2, 0) is 11.0 Å². The fraction of sp³-hybridized carbons (Fsp3) is 0.176. The van der Waals surface area contributed by atoms with Crippen LogP contribution in [0.5, 0.6) is 5.75 Å². The van der Waals surface area contributed by atoms with E-state index in [2.05, 4.69) is 5.43 Å². The number of carbonyl (C=O) groups is 2. The second-order valence-electron chi connectivity index (χ2n) is 5.19. The number of hydrogen-bond acceptors (Lipinski definition) is 3. The number of alkyl halides is 3. The molecule has 2 aromatic rings. The van der Waals surface area contributed by atoms with E-state index in [-0.39, 0.29) is 12.2 Å². The molecule has 0 aromatic heterocycles. The van der Waals surface area contributed by atoms with Gasteiger partial charge in [0.15, 0.2) is 6.61 Å². The lowest BCUT2D eigenvalue weighted by molar-refractivity contribution is -0.137. The SMILES string of the molecule is Cc1cccc(OCC(=O)NNC(=O)c2cccc(C(F)(F)F)c2)c1. The molecule has 0 aliphatic heterocycles. The number of ether oxygens (including phenoxy) is 1. The van der Waals surface area contributed by atoms with Crippen LogP contribution in [0.4, 0.5) is 13.2 Å². The third-order valence-corrected chi connectivity index (χ3v) is 3.13. The quantitative estimate of drug-likeness (QED) is 0.832. The molecule has 0 unspecified atom stereocenters. The molecule has 2 amide bonds. The third-order valence-electron chi connectivity index (χ3n) is 3.13. The number of hydrogen-bond donors (Lipinski definition) is 2. The minimum Gasteiger partial charge on any atom is -0.484 e. The molecule has 2 N–H and O–H groups in total. The number of rotatable bonds is 4. The number of amides is 2. The van der Waals surface area contributed by atoms with Gasteiger partial charge in [-0.1, -0.05) is 18.2 Å². The summed E-state index contributed by atoms with van der Waals surface area (Å²) in [6.45, 7) is 1.51. The highest BCUT2D eigenvalue weighted by atomic mass is 19.4. The molecule has 0 aliphatic rings. The zero-order valence-electron chi connectivity index (χ0n) is 13.2. The lowest BCUT2D eigenvalue weighted by Crippen LogP contribution is -2.43. The topological polar surface area (TPSA) is 67.4 Å². The van der Waals surface area contributed by atoms with Crippen molar-refractivity contribution in [2.45, 2.75) is 13.1 Å². The lowest BCUT2D eigenvalue weighted by atomic mass is 10.1. The van der Waals surface area contributed by atoms with Crippen molar-refractivity contribution in [2.24, 2.45) is 0 Å². The van der Waals surface area contributed by atoms with E-state index in [0.717, 1.165) is 17.7 Å². The Morgan fingerprint density at radius 2 is 1.76 bits per heavy atom. The molecule has 25 heavy (non-hydrogen) atoms. The number of carbonyl (C=O) groups excluding carboxylic acids is 2. The Morgan fingerprint density at radius 1 is 1.04 bits per heavy atom. The summed E-state index contributed by atoms with van der Waals surface area (Å²) in [7, 11) is 0. The minimum atomic E-state index is -4.55. The second kappa shape index (κ2) is 7.69. The molecular formula is C17H15F3N2O3. The lowest BCUT2D eigenvalue weighted by Gasteiger charge is -2.11. The van der Waals surface area contributed by atoms with Crippen LogP contribution < -0.4 is 15.6 Å². The first kappa shape index (κ1) is 18.3. The Labute approximate surface area is 141 Å². The Balaban J connectivity index is 1.86. The van der Waals surface area contributed by atoms with Gasteiger partial charge in [0.1, 0.15) is 5.75 Å². The minimum absolute atomic E-state index is 0.227. The molecule has 0 fully saturated rings. The molecule has 2 rings (SSSR count). The molecule has 0 aliphatic carbocycles. The molecule has 2 aromatic carbocycles. The van der Waals surface area contributed by atoms with Gasteiger partial charge in [0.05, 0.1) is 5.56 Å². The smallest absolute Gasteiger partial charge is 0.416 e. The standard InChI is InChI=1S/C17H15F3N2O3/c1-11-4-2-7-14(8-11)25-10-15(23)21-22-16(24)12-5-3-6-13(9-12)17(18,19)20/h2-9H,10H2,1H3,(H,21,23)(H,22,24). The molecule has 8 heteroatoms. The fourth-order valence-electron chi connectivity index (χ4n) is 1.93. The van der Waals surface area contributed by atoms with Crippen molar-refractivity contribution in [1.29, 1.82) is 0 Å². The predicted octanol–water partition coefficient (Wildman–Crippen LogP) is 2.85. The first-order valence-corrected chi connectivity index (χ1v) is 7.21. The highest BCUT2D eigenvalue weighted by Gasteiger charge is 2.30. The van der Waals surface area contributed by atoms with E-state index in [9.17, 15) is 22.8 Å². The first-order chi connectivity index (χ1) is 11.8. The maximum atomic E-state index is 12.6. The van der Waals surface area contributed by atoms with Gasteiger partial charge in [-0.15, -0.1) is 0 Å². The van der Waals surface area contributed by atoms with Crippen molar-refractivity contribution in [3.05, 3.63) is 65.2 Å². The first-order valence-electron chi connectivity index (χ1n) is 7.21. The number of halogens is 3. The maximum Gasteiger partial charge on any atom is 0.416 e. The van der Waals surface area contributed by atoms with Crippen molar-refractivity contribution in [2.75, 3.05) is 6.61 Å². The summed E-state index contributed by atoms with van der Waals surface area (Å²) < 4.78 is 43.1. The maximum absolute atomic E-state index is 12.6. The van der Waals surface area contributed by atoms with Crippen molar-refractivity contribution in [1.82, 2.24) is 10.9 Å². The molecule has 0 spiro atoms. The van der Waals surface area contributed by atoms with Gasteiger partial charge in [-0.2, -0.15) is 13.2 Å². The molecule has 0 saturated carbocycles. The zero-order chi connectivity index (χ0) is 18.4. The van der Waals surface area contributed by atoms with Gasteiger partial charge in [-0.25, -0.2) is 0 Å². The van der Waals surface area contributed by atoms with Gasteiger partial charge in [0.25, 0.3) is 11.8 Å². The number of benzene rings is 2. The fourth-order valence-corrected chi connectivity index (χ4v) is 1.93. The van der Waals surface area contributed by atoms with Crippen LogP contribution in [0.1, 0.15) is 21.5 Å². The van der Waals surface area contributed by atoms with Gasteiger partial charge in [0.2, 0.25) is 0 Å². The van der Waals surface area contributed by atoms with Crippen molar-refractivity contribution in [3.8, 4) is 5.75 Å². The Kier molecular flexibility index (Phi) is 5.63. The number of aryl methyl sites for hydroxylation is 1. The van der Waals surface area contributed by atoms with E-state index in [4.69, 9.17) is 4.74 Å². The highest BCUT2D eigenvalue weighted by Crippen LogP contribution is 2.29. The molecule has 0 saturated heterocycles. The second-order valence-corrected chi connectivity index (χ2v) is 5.19. The Bertz CT molecular complexity index is 776. The normalized spacial score (nSPS) is 10.9. The third kappa shape index (κ3) is 5.52. The van der Waals surface area contributed by atoms with E-state index >= 15 is 0 Å². The highest BCUT2D eigenvalue weighted by molar-refractivity contribution is 5.95. The van der Waals surface area contributed by atoms with Crippen LogP contribution in [0.25, 0.3) is 0 Å². The van der Waals surface area contributed by atoms with Crippen LogP contribution in [0.2, 0.25) is 0 Å². The van der Waals surface area contributed by atoms with E-state index in [1.165, 1.54) is 6.07 Å². The summed E-state index contributed by atoms with van der Waals surface area (Å²) in [5.74, 6) is -1.03. The van der Waals surface area contributed by atoms with E-state index in [0.29, 0.717) is 11.8 Å². The zero-order valence-corrected chi connectivity index (χ0v) is 13.2. The summed E-state index contributed by atoms with van der Waals surface area (Å²) in [5.41, 5.74) is 3.90. The van der Waals surface area contributed by atoms with Gasteiger partial charge < -0.3 is 4.74 Å². The Morgan fingerprint density at radius 3 is 2.44 bits per heavy atom. The van der Waals surface area contributed by atoms with Crippen molar-refractivity contribution >= 4 is 11.8 Å². The molecular weight excluding hydrogens is 337 g/mol.